The van der Waals surface area contributed by atoms with Gasteiger partial charge in [-0.3, -0.25) is 0 Å². The van der Waals surface area contributed by atoms with Gasteiger partial charge in [-0.2, -0.15) is 0 Å². The number of rotatable bonds is 5. The molecule has 13 heavy (non-hydrogen) atoms. The van der Waals surface area contributed by atoms with Gasteiger partial charge in [0.2, 0.25) is 0 Å². The Labute approximate surface area is 88.8 Å². The van der Waals surface area contributed by atoms with Crippen molar-refractivity contribution < 1.29 is 8.23 Å². The second-order valence-electron chi connectivity index (χ2n) is 4.63. The van der Waals surface area contributed by atoms with Crippen molar-refractivity contribution in [2.75, 3.05) is 0 Å². The Morgan fingerprint density at radius 1 is 0.923 bits per heavy atom. The van der Waals surface area contributed by atoms with Crippen LogP contribution >= 0.6 is 0 Å². The van der Waals surface area contributed by atoms with Gasteiger partial charge >= 0.3 is 0 Å². The Balaban J connectivity index is 3.96. The lowest BCUT2D eigenvalue weighted by Crippen LogP contribution is -2.49. The molecule has 1 unspecified atom stereocenters. The standard InChI is InChI=1S/C7H24O2Si4/c1-10(2)8-12(5)9-13(6,7)11(3)4/h10-12H,1-7H3. The SMILES string of the molecule is C[SiH](C)O[SiH](C)O[Si](C)(C)[SiH](C)C. The van der Waals surface area contributed by atoms with E-state index in [1.54, 1.807) is 0 Å². The maximum absolute atomic E-state index is 6.16. The molecule has 0 aliphatic rings. The van der Waals surface area contributed by atoms with Crippen LogP contribution in [0.15, 0.2) is 0 Å². The highest BCUT2D eigenvalue weighted by atomic mass is 29.2. The van der Waals surface area contributed by atoms with E-state index in [1.807, 2.05) is 0 Å². The molecule has 1 atom stereocenters. The molecule has 0 aromatic rings. The summed E-state index contributed by atoms with van der Waals surface area (Å²) < 4.78 is 12.0. The summed E-state index contributed by atoms with van der Waals surface area (Å²) in [7, 11) is -4.06. The summed E-state index contributed by atoms with van der Waals surface area (Å²) in [6.45, 7) is 16.1. The second kappa shape index (κ2) is 5.62. The summed E-state index contributed by atoms with van der Waals surface area (Å²) in [5.74, 6) is 0. The normalized spacial score (nSPS) is 15.5. The van der Waals surface area contributed by atoms with Crippen LogP contribution in [0.5, 0.6) is 0 Å². The zero-order chi connectivity index (χ0) is 10.6. The van der Waals surface area contributed by atoms with E-state index in [9.17, 15) is 0 Å². The zero-order valence-corrected chi connectivity index (χ0v) is 14.5. The zero-order valence-electron chi connectivity index (χ0n) is 10.0. The van der Waals surface area contributed by atoms with Crippen molar-refractivity contribution >= 4 is 34.5 Å². The van der Waals surface area contributed by atoms with Crippen LogP contribution in [0.2, 0.25) is 45.8 Å². The summed E-state index contributed by atoms with van der Waals surface area (Å²) in [5, 5.41) is 0. The van der Waals surface area contributed by atoms with E-state index in [-0.39, 0.29) is 0 Å². The smallest absolute Gasteiger partial charge is 0.297 e. The molecule has 0 aromatic carbocycles. The van der Waals surface area contributed by atoms with E-state index < -0.39 is 34.5 Å². The Morgan fingerprint density at radius 3 is 1.69 bits per heavy atom. The van der Waals surface area contributed by atoms with Crippen LogP contribution in [-0.4, -0.2) is 34.5 Å². The fourth-order valence-electron chi connectivity index (χ4n) is 0.975. The molecule has 0 amide bonds. The lowest BCUT2D eigenvalue weighted by Gasteiger charge is -2.30. The molecule has 0 radical (unpaired) electrons. The van der Waals surface area contributed by atoms with E-state index in [1.165, 1.54) is 0 Å². The first-order valence-corrected chi connectivity index (χ1v) is 17.0. The average Bonchev–Trinajstić information content (AvgIpc) is 1.82. The Bertz CT molecular complexity index is 149. The van der Waals surface area contributed by atoms with Crippen LogP contribution in [0.3, 0.4) is 0 Å². The highest BCUT2D eigenvalue weighted by Crippen LogP contribution is 2.11. The van der Waals surface area contributed by atoms with Crippen molar-refractivity contribution in [3.63, 3.8) is 0 Å². The fourth-order valence-corrected chi connectivity index (χ4v) is 13.4. The van der Waals surface area contributed by atoms with E-state index in [0.717, 1.165) is 0 Å². The van der Waals surface area contributed by atoms with Gasteiger partial charge in [-0.15, -0.1) is 0 Å². The minimum atomic E-state index is -1.31. The molecule has 0 saturated heterocycles. The third-order valence-corrected chi connectivity index (χ3v) is 22.1. The quantitative estimate of drug-likeness (QED) is 0.693. The molecule has 0 fully saturated rings. The van der Waals surface area contributed by atoms with Gasteiger partial charge in [0.1, 0.15) is 0 Å². The summed E-state index contributed by atoms with van der Waals surface area (Å²) in [6.07, 6.45) is 0. The topological polar surface area (TPSA) is 18.5 Å². The Kier molecular flexibility index (Phi) is 5.96. The third kappa shape index (κ3) is 5.97. The molecule has 0 N–H and O–H groups in total. The van der Waals surface area contributed by atoms with E-state index in [2.05, 4.69) is 45.8 Å². The summed E-state index contributed by atoms with van der Waals surface area (Å²) in [4.78, 5) is 0. The molecular formula is C7H24O2Si4. The molecule has 0 aliphatic heterocycles. The summed E-state index contributed by atoms with van der Waals surface area (Å²) >= 11 is 0. The number of hydrogen-bond acceptors (Lipinski definition) is 2. The predicted octanol–water partition coefficient (Wildman–Crippen LogP) is 1.62. The second-order valence-corrected chi connectivity index (χ2v) is 23.0. The van der Waals surface area contributed by atoms with Crippen LogP contribution in [-0.2, 0) is 8.23 Å². The molecule has 0 rings (SSSR count). The predicted molar refractivity (Wildman–Crippen MR) is 70.4 cm³/mol. The van der Waals surface area contributed by atoms with Crippen LogP contribution in [0.4, 0.5) is 0 Å². The van der Waals surface area contributed by atoms with Crippen molar-refractivity contribution in [3.8, 4) is 0 Å². The van der Waals surface area contributed by atoms with Crippen LogP contribution < -0.4 is 0 Å². The Morgan fingerprint density at radius 2 is 1.38 bits per heavy atom. The van der Waals surface area contributed by atoms with Gasteiger partial charge in [0.05, 0.1) is 8.31 Å². The first-order chi connectivity index (χ1) is 5.75. The van der Waals surface area contributed by atoms with Crippen molar-refractivity contribution in [3.05, 3.63) is 0 Å². The summed E-state index contributed by atoms with van der Waals surface area (Å²) in [5.41, 5.74) is 0. The first-order valence-electron chi connectivity index (χ1n) is 5.09. The van der Waals surface area contributed by atoms with Crippen LogP contribution in [0.1, 0.15) is 0 Å². The Hall–Kier alpha value is 0.788. The van der Waals surface area contributed by atoms with Crippen molar-refractivity contribution in [2.24, 2.45) is 0 Å². The van der Waals surface area contributed by atoms with Gasteiger partial charge in [0.15, 0.2) is 16.9 Å². The molecule has 0 bridgehead atoms. The number of hydrogen-bond donors (Lipinski definition) is 0. The highest BCUT2D eigenvalue weighted by molar-refractivity contribution is 7.29. The molecule has 0 heterocycles. The van der Waals surface area contributed by atoms with E-state index in [4.69, 9.17) is 8.23 Å². The molecule has 0 aromatic heterocycles. The fraction of sp³-hybridized carbons (Fsp3) is 1.00. The van der Waals surface area contributed by atoms with Gasteiger partial charge in [-0.05, 0) is 32.7 Å². The minimum absolute atomic E-state index is 0.594. The highest BCUT2D eigenvalue weighted by Gasteiger charge is 2.30. The molecular weight excluding hydrogens is 228 g/mol. The molecule has 0 aliphatic carbocycles. The largest absolute Gasteiger partial charge is 0.442 e. The molecule has 2 nitrogen and oxygen atoms in total. The van der Waals surface area contributed by atoms with Crippen molar-refractivity contribution in [1.29, 1.82) is 0 Å². The monoisotopic (exact) mass is 252 g/mol. The van der Waals surface area contributed by atoms with E-state index in [0.29, 0.717) is 0 Å². The molecule has 0 saturated carbocycles. The average molecular weight is 253 g/mol. The minimum Gasteiger partial charge on any atom is -0.442 e. The van der Waals surface area contributed by atoms with Gasteiger partial charge in [0.25, 0.3) is 9.28 Å². The van der Waals surface area contributed by atoms with E-state index >= 15 is 0 Å². The van der Waals surface area contributed by atoms with Gasteiger partial charge in [0, 0.05) is 0 Å². The van der Waals surface area contributed by atoms with Crippen molar-refractivity contribution in [1.82, 2.24) is 0 Å². The van der Waals surface area contributed by atoms with Crippen LogP contribution in [0, 0.1) is 0 Å². The lowest BCUT2D eigenvalue weighted by molar-refractivity contribution is 0.443. The summed E-state index contributed by atoms with van der Waals surface area (Å²) in [6, 6.07) is 0. The molecule has 6 heteroatoms. The van der Waals surface area contributed by atoms with Gasteiger partial charge in [-0.1, -0.05) is 13.1 Å². The van der Waals surface area contributed by atoms with Crippen molar-refractivity contribution in [2.45, 2.75) is 45.8 Å². The molecule has 0 spiro atoms. The lowest BCUT2D eigenvalue weighted by atomic mass is 11.9. The third-order valence-electron chi connectivity index (χ3n) is 2.32. The van der Waals surface area contributed by atoms with Crippen LogP contribution in [0.25, 0.3) is 0 Å². The van der Waals surface area contributed by atoms with Gasteiger partial charge in [-0.25, -0.2) is 0 Å². The maximum Gasteiger partial charge on any atom is 0.297 e. The first kappa shape index (κ1) is 13.8. The molecule has 80 valence electrons. The maximum atomic E-state index is 6.16. The van der Waals surface area contributed by atoms with Gasteiger partial charge < -0.3 is 8.23 Å².